The van der Waals surface area contributed by atoms with Crippen molar-refractivity contribution in [2.24, 2.45) is 0 Å². The number of benzene rings is 1. The van der Waals surface area contributed by atoms with Crippen LogP contribution in [0.5, 0.6) is 0 Å². The highest BCUT2D eigenvalue weighted by Crippen LogP contribution is 2.29. The lowest BCUT2D eigenvalue weighted by molar-refractivity contribution is 0.234. The quantitative estimate of drug-likeness (QED) is 0.908. The summed E-state index contributed by atoms with van der Waals surface area (Å²) < 4.78 is 1.20. The molecule has 0 aromatic heterocycles. The summed E-state index contributed by atoms with van der Waals surface area (Å²) in [5, 5.41) is 3.46. The number of anilines is 1. The average Bonchev–Trinajstić information content (AvgIpc) is 2.42. The van der Waals surface area contributed by atoms with Crippen molar-refractivity contribution < 1.29 is 0 Å². The maximum atomic E-state index is 3.73. The minimum absolute atomic E-state index is 0.384. The van der Waals surface area contributed by atoms with Gasteiger partial charge in [-0.05, 0) is 45.1 Å². The van der Waals surface area contributed by atoms with Gasteiger partial charge < -0.3 is 15.1 Å². The Bertz CT molecular complexity index is 449. The first kappa shape index (κ1) is 15.8. The lowest BCUT2D eigenvalue weighted by atomic mass is 10.1. The van der Waals surface area contributed by atoms with Gasteiger partial charge in [0.2, 0.25) is 0 Å². The monoisotopic (exact) mass is 339 g/mol. The molecule has 0 amide bonds. The summed E-state index contributed by atoms with van der Waals surface area (Å²) in [4.78, 5) is 4.91. The van der Waals surface area contributed by atoms with Crippen molar-refractivity contribution in [3.8, 4) is 0 Å². The highest BCUT2D eigenvalue weighted by Gasteiger charge is 2.21. The van der Waals surface area contributed by atoms with Crippen LogP contribution in [0.15, 0.2) is 22.7 Å². The molecule has 2 unspecified atom stereocenters. The molecule has 1 fully saturated rings. The minimum Gasteiger partial charge on any atom is -0.369 e. The van der Waals surface area contributed by atoms with Gasteiger partial charge in [-0.25, -0.2) is 0 Å². The van der Waals surface area contributed by atoms with E-state index >= 15 is 0 Å². The standard InChI is InChI=1S/C16H26BrN3/c1-5-18-13(3)15-7-6-14(10-16(15)17)20-9-8-19(4)12(2)11-20/h6-7,10,12-13,18H,5,8-9,11H2,1-4H3. The number of hydrogen-bond donors (Lipinski definition) is 1. The Kier molecular flexibility index (Phi) is 5.47. The summed E-state index contributed by atoms with van der Waals surface area (Å²) in [6, 6.07) is 7.76. The fourth-order valence-electron chi connectivity index (χ4n) is 2.76. The summed E-state index contributed by atoms with van der Waals surface area (Å²) in [5.41, 5.74) is 2.65. The molecule has 1 aliphatic rings. The van der Waals surface area contributed by atoms with Gasteiger partial charge in [-0.15, -0.1) is 0 Å². The van der Waals surface area contributed by atoms with E-state index in [1.165, 1.54) is 15.7 Å². The van der Waals surface area contributed by atoms with Gasteiger partial charge in [0.15, 0.2) is 0 Å². The van der Waals surface area contributed by atoms with Gasteiger partial charge in [0.1, 0.15) is 0 Å². The molecule has 1 aromatic rings. The Morgan fingerprint density at radius 2 is 2.15 bits per heavy atom. The third-order valence-electron chi connectivity index (χ3n) is 4.29. The van der Waals surface area contributed by atoms with E-state index in [2.05, 4.69) is 77.1 Å². The highest BCUT2D eigenvalue weighted by atomic mass is 79.9. The number of nitrogens with one attached hydrogen (secondary N) is 1. The molecule has 0 aliphatic carbocycles. The predicted molar refractivity (Wildman–Crippen MR) is 90.5 cm³/mol. The van der Waals surface area contributed by atoms with Crippen LogP contribution in [0.4, 0.5) is 5.69 Å². The molecule has 1 aliphatic heterocycles. The number of halogens is 1. The lowest BCUT2D eigenvalue weighted by Crippen LogP contribution is -2.50. The van der Waals surface area contributed by atoms with Crippen molar-refractivity contribution in [1.82, 2.24) is 10.2 Å². The molecule has 1 heterocycles. The zero-order valence-electron chi connectivity index (χ0n) is 13.0. The smallest absolute Gasteiger partial charge is 0.0378 e. The molecular weight excluding hydrogens is 314 g/mol. The third-order valence-corrected chi connectivity index (χ3v) is 4.97. The van der Waals surface area contributed by atoms with Crippen LogP contribution in [-0.2, 0) is 0 Å². The van der Waals surface area contributed by atoms with Gasteiger partial charge in [0, 0.05) is 41.9 Å². The Labute approximate surface area is 131 Å². The molecule has 2 rings (SSSR count). The van der Waals surface area contributed by atoms with Crippen LogP contribution in [0.25, 0.3) is 0 Å². The van der Waals surface area contributed by atoms with E-state index in [0.717, 1.165) is 26.2 Å². The maximum Gasteiger partial charge on any atom is 0.0378 e. The summed E-state index contributed by atoms with van der Waals surface area (Å²) in [6.07, 6.45) is 0. The van der Waals surface area contributed by atoms with E-state index in [-0.39, 0.29) is 0 Å². The molecule has 0 bridgehead atoms. The Balaban J connectivity index is 2.13. The van der Waals surface area contributed by atoms with Gasteiger partial charge >= 0.3 is 0 Å². The molecule has 20 heavy (non-hydrogen) atoms. The van der Waals surface area contributed by atoms with Gasteiger partial charge in [-0.2, -0.15) is 0 Å². The molecule has 112 valence electrons. The summed E-state index contributed by atoms with van der Waals surface area (Å²) in [6.45, 7) is 11.0. The van der Waals surface area contributed by atoms with Crippen molar-refractivity contribution in [1.29, 1.82) is 0 Å². The highest BCUT2D eigenvalue weighted by molar-refractivity contribution is 9.10. The first-order valence-corrected chi connectivity index (χ1v) is 8.30. The molecule has 4 heteroatoms. The van der Waals surface area contributed by atoms with Gasteiger partial charge in [-0.1, -0.05) is 28.9 Å². The second-order valence-electron chi connectivity index (χ2n) is 5.76. The van der Waals surface area contributed by atoms with Gasteiger partial charge in [0.05, 0.1) is 0 Å². The van der Waals surface area contributed by atoms with Gasteiger partial charge in [0.25, 0.3) is 0 Å². The Hall–Kier alpha value is -0.580. The molecule has 1 N–H and O–H groups in total. The Morgan fingerprint density at radius 3 is 2.75 bits per heavy atom. The van der Waals surface area contributed by atoms with Crippen LogP contribution in [0.1, 0.15) is 32.4 Å². The minimum atomic E-state index is 0.384. The van der Waals surface area contributed by atoms with E-state index in [0.29, 0.717) is 12.1 Å². The molecule has 1 aromatic carbocycles. The lowest BCUT2D eigenvalue weighted by Gasteiger charge is -2.39. The maximum absolute atomic E-state index is 3.73. The number of piperazine rings is 1. The van der Waals surface area contributed by atoms with Gasteiger partial charge in [-0.3, -0.25) is 0 Å². The fraction of sp³-hybridized carbons (Fsp3) is 0.625. The van der Waals surface area contributed by atoms with Crippen LogP contribution in [0.3, 0.4) is 0 Å². The molecule has 0 saturated carbocycles. The third kappa shape index (κ3) is 3.54. The molecule has 1 saturated heterocycles. The van der Waals surface area contributed by atoms with E-state index < -0.39 is 0 Å². The summed E-state index contributed by atoms with van der Waals surface area (Å²) in [7, 11) is 2.21. The fourth-order valence-corrected chi connectivity index (χ4v) is 3.47. The van der Waals surface area contributed by atoms with Crippen molar-refractivity contribution in [2.75, 3.05) is 38.1 Å². The average molecular weight is 340 g/mol. The summed E-state index contributed by atoms with van der Waals surface area (Å²) in [5.74, 6) is 0. The number of likely N-dealkylation sites (N-methyl/N-ethyl adjacent to an activating group) is 1. The Morgan fingerprint density at radius 1 is 1.40 bits per heavy atom. The SMILES string of the molecule is CCNC(C)c1ccc(N2CCN(C)C(C)C2)cc1Br. The number of rotatable bonds is 4. The molecule has 0 radical (unpaired) electrons. The normalized spacial score (nSPS) is 22.1. The van der Waals surface area contributed by atoms with Crippen molar-refractivity contribution in [2.45, 2.75) is 32.9 Å². The first-order chi connectivity index (χ1) is 9.52. The zero-order valence-corrected chi connectivity index (χ0v) is 14.6. The van der Waals surface area contributed by atoms with Crippen LogP contribution in [0, 0.1) is 0 Å². The largest absolute Gasteiger partial charge is 0.369 e. The van der Waals surface area contributed by atoms with Crippen molar-refractivity contribution in [3.05, 3.63) is 28.2 Å². The van der Waals surface area contributed by atoms with E-state index in [9.17, 15) is 0 Å². The summed E-state index contributed by atoms with van der Waals surface area (Å²) >= 11 is 3.73. The van der Waals surface area contributed by atoms with Crippen LogP contribution in [0.2, 0.25) is 0 Å². The molecular formula is C16H26BrN3. The number of hydrogen-bond acceptors (Lipinski definition) is 3. The molecule has 2 atom stereocenters. The second-order valence-corrected chi connectivity index (χ2v) is 6.62. The predicted octanol–water partition coefficient (Wildman–Crippen LogP) is 3.26. The number of nitrogens with zero attached hydrogens (tertiary/aromatic N) is 2. The van der Waals surface area contributed by atoms with Crippen LogP contribution in [-0.4, -0.2) is 44.2 Å². The van der Waals surface area contributed by atoms with E-state index in [1.54, 1.807) is 0 Å². The van der Waals surface area contributed by atoms with Crippen molar-refractivity contribution >= 4 is 21.6 Å². The zero-order chi connectivity index (χ0) is 14.7. The molecule has 0 spiro atoms. The molecule has 3 nitrogen and oxygen atoms in total. The van der Waals surface area contributed by atoms with Crippen LogP contribution >= 0.6 is 15.9 Å². The first-order valence-electron chi connectivity index (χ1n) is 7.51. The topological polar surface area (TPSA) is 18.5 Å². The van der Waals surface area contributed by atoms with E-state index in [4.69, 9.17) is 0 Å². The van der Waals surface area contributed by atoms with Crippen LogP contribution < -0.4 is 10.2 Å². The second kappa shape index (κ2) is 6.92. The van der Waals surface area contributed by atoms with E-state index in [1.807, 2.05) is 0 Å². The van der Waals surface area contributed by atoms with Crippen molar-refractivity contribution in [3.63, 3.8) is 0 Å².